The number of rotatable bonds is 10. The van der Waals surface area contributed by atoms with E-state index < -0.39 is 20.9 Å². The van der Waals surface area contributed by atoms with E-state index in [4.69, 9.17) is 4.74 Å². The van der Waals surface area contributed by atoms with Crippen molar-refractivity contribution in [2.45, 2.75) is 30.6 Å². The van der Waals surface area contributed by atoms with Crippen molar-refractivity contribution in [2.75, 3.05) is 31.3 Å². The lowest BCUT2D eigenvalue weighted by atomic mass is 10.2. The van der Waals surface area contributed by atoms with Crippen LogP contribution in [0.5, 0.6) is 5.75 Å². The first-order valence-electron chi connectivity index (χ1n) is 9.60. The van der Waals surface area contributed by atoms with Gasteiger partial charge in [-0.3, -0.25) is 14.9 Å². The molecule has 0 saturated heterocycles. The third kappa shape index (κ3) is 5.54. The number of carbonyl (C=O) groups excluding carboxylic acids is 1. The number of anilines is 1. The van der Waals surface area contributed by atoms with Crippen LogP contribution in [0.25, 0.3) is 0 Å². The van der Waals surface area contributed by atoms with E-state index in [-0.39, 0.29) is 21.8 Å². The molecule has 0 aliphatic carbocycles. The number of nitrogens with one attached hydrogen (secondary N) is 1. The number of benzene rings is 2. The molecule has 2 aromatic rings. The lowest BCUT2D eigenvalue weighted by molar-refractivity contribution is -0.387. The molecule has 0 unspecified atom stereocenters. The molecule has 0 aliphatic heterocycles. The van der Waals surface area contributed by atoms with Crippen LogP contribution in [0.4, 0.5) is 11.4 Å². The number of sulfonamides is 1. The van der Waals surface area contributed by atoms with Crippen LogP contribution >= 0.6 is 11.8 Å². The van der Waals surface area contributed by atoms with Gasteiger partial charge in [0, 0.05) is 24.7 Å². The fraction of sp³-hybridized carbons (Fsp3) is 0.350. The monoisotopic (exact) mass is 467 g/mol. The second kappa shape index (κ2) is 10.6. The fourth-order valence-electron chi connectivity index (χ4n) is 2.93. The van der Waals surface area contributed by atoms with Crippen LogP contribution in [0.3, 0.4) is 0 Å². The van der Waals surface area contributed by atoms with Gasteiger partial charge in [0.1, 0.15) is 5.75 Å². The Labute approximate surface area is 186 Å². The second-order valence-electron chi connectivity index (χ2n) is 6.28. The summed E-state index contributed by atoms with van der Waals surface area (Å²) in [6.45, 7) is 6.15. The highest BCUT2D eigenvalue weighted by atomic mass is 32.2. The molecule has 1 N–H and O–H groups in total. The van der Waals surface area contributed by atoms with E-state index in [2.05, 4.69) is 5.32 Å². The van der Waals surface area contributed by atoms with Crippen molar-refractivity contribution in [1.82, 2.24) is 4.31 Å². The van der Waals surface area contributed by atoms with Gasteiger partial charge in [-0.25, -0.2) is 8.42 Å². The van der Waals surface area contributed by atoms with Crippen LogP contribution in [0.2, 0.25) is 0 Å². The minimum absolute atomic E-state index is 0.0127. The molecular formula is C20H25N3O6S2. The van der Waals surface area contributed by atoms with Gasteiger partial charge in [-0.2, -0.15) is 4.31 Å². The molecule has 0 bridgehead atoms. The molecule has 2 rings (SSSR count). The maximum atomic E-state index is 12.9. The molecule has 0 atom stereocenters. The topological polar surface area (TPSA) is 119 Å². The molecule has 0 spiro atoms. The summed E-state index contributed by atoms with van der Waals surface area (Å²) in [6.07, 6.45) is 1.71. The number of thioether (sulfide) groups is 1. The van der Waals surface area contributed by atoms with Gasteiger partial charge < -0.3 is 10.1 Å². The molecule has 2 aromatic carbocycles. The van der Waals surface area contributed by atoms with Gasteiger partial charge in [-0.05, 0) is 43.5 Å². The first kappa shape index (κ1) is 24.6. The SMILES string of the molecule is CCOc1ccc(S(=O)(=O)N(CC)CC)cc1NC(=O)c1ccc(SC)c([N+](=O)[O-])c1. The molecule has 0 saturated carbocycles. The largest absolute Gasteiger partial charge is 0.492 e. The predicted octanol–water partition coefficient (Wildman–Crippen LogP) is 4.00. The Balaban J connectivity index is 2.46. The van der Waals surface area contributed by atoms with Gasteiger partial charge in [0.15, 0.2) is 0 Å². The second-order valence-corrected chi connectivity index (χ2v) is 9.06. The normalized spacial score (nSPS) is 11.4. The highest BCUT2D eigenvalue weighted by molar-refractivity contribution is 7.98. The van der Waals surface area contributed by atoms with E-state index in [0.717, 1.165) is 0 Å². The first-order chi connectivity index (χ1) is 14.7. The van der Waals surface area contributed by atoms with Crippen LogP contribution in [-0.4, -0.2) is 49.5 Å². The molecule has 1 amide bonds. The molecule has 0 fully saturated rings. The lowest BCUT2D eigenvalue weighted by Crippen LogP contribution is -2.30. The van der Waals surface area contributed by atoms with Crippen molar-refractivity contribution >= 4 is 39.1 Å². The van der Waals surface area contributed by atoms with Crippen molar-refractivity contribution < 1.29 is 22.9 Å². The zero-order valence-electron chi connectivity index (χ0n) is 17.7. The molecule has 0 aliphatic rings. The number of nitro groups is 1. The number of hydrogen-bond donors (Lipinski definition) is 1. The van der Waals surface area contributed by atoms with Crippen LogP contribution in [0, 0.1) is 10.1 Å². The minimum atomic E-state index is -3.75. The van der Waals surface area contributed by atoms with Crippen molar-refractivity contribution in [3.05, 3.63) is 52.1 Å². The van der Waals surface area contributed by atoms with Crippen LogP contribution in [-0.2, 0) is 10.0 Å². The Kier molecular flexibility index (Phi) is 8.43. The highest BCUT2D eigenvalue weighted by Gasteiger charge is 2.24. The lowest BCUT2D eigenvalue weighted by Gasteiger charge is -2.20. The van der Waals surface area contributed by atoms with Gasteiger partial charge in [-0.15, -0.1) is 11.8 Å². The summed E-state index contributed by atoms with van der Waals surface area (Å²) in [5, 5.41) is 13.9. The summed E-state index contributed by atoms with van der Waals surface area (Å²) in [5.74, 6) is -0.321. The number of ether oxygens (including phenoxy) is 1. The Morgan fingerprint density at radius 1 is 1.16 bits per heavy atom. The highest BCUT2D eigenvalue weighted by Crippen LogP contribution is 2.31. The smallest absolute Gasteiger partial charge is 0.283 e. The minimum Gasteiger partial charge on any atom is -0.492 e. The number of nitrogens with zero attached hydrogens (tertiary/aromatic N) is 2. The van der Waals surface area contributed by atoms with E-state index in [1.165, 1.54) is 52.5 Å². The van der Waals surface area contributed by atoms with E-state index in [9.17, 15) is 23.3 Å². The molecule has 31 heavy (non-hydrogen) atoms. The molecule has 0 aromatic heterocycles. The van der Waals surface area contributed by atoms with Gasteiger partial charge in [0.05, 0.1) is 27.0 Å². The van der Waals surface area contributed by atoms with E-state index in [1.54, 1.807) is 27.0 Å². The quantitative estimate of drug-likeness (QED) is 0.319. The van der Waals surface area contributed by atoms with E-state index in [0.29, 0.717) is 30.3 Å². The summed E-state index contributed by atoms with van der Waals surface area (Å²) in [4.78, 5) is 24.0. The first-order valence-corrected chi connectivity index (χ1v) is 12.3. The van der Waals surface area contributed by atoms with Crippen molar-refractivity contribution in [2.24, 2.45) is 0 Å². The van der Waals surface area contributed by atoms with Gasteiger partial charge in [0.2, 0.25) is 10.0 Å². The summed E-state index contributed by atoms with van der Waals surface area (Å²) in [5.41, 5.74) is 0.0590. The van der Waals surface area contributed by atoms with Crippen molar-refractivity contribution in [3.8, 4) is 5.75 Å². The molecule has 168 valence electrons. The average molecular weight is 468 g/mol. The third-order valence-electron chi connectivity index (χ3n) is 4.48. The number of hydrogen-bond acceptors (Lipinski definition) is 7. The van der Waals surface area contributed by atoms with Crippen molar-refractivity contribution in [1.29, 1.82) is 0 Å². The van der Waals surface area contributed by atoms with Crippen LogP contribution < -0.4 is 10.1 Å². The van der Waals surface area contributed by atoms with Gasteiger partial charge >= 0.3 is 0 Å². The van der Waals surface area contributed by atoms with Gasteiger partial charge in [-0.1, -0.05) is 13.8 Å². The summed E-state index contributed by atoms with van der Waals surface area (Å²) in [6, 6.07) is 8.41. The predicted molar refractivity (Wildman–Crippen MR) is 121 cm³/mol. The standard InChI is InChI=1S/C20H25N3O6S2/c1-5-22(6-2)31(27,28)15-9-10-18(29-7-3)16(13-15)21-20(24)14-8-11-19(30-4)17(12-14)23(25)26/h8-13H,5-7H2,1-4H3,(H,21,24). The number of carbonyl (C=O) groups is 1. The Morgan fingerprint density at radius 2 is 1.84 bits per heavy atom. The molecule has 0 heterocycles. The maximum absolute atomic E-state index is 12.9. The van der Waals surface area contributed by atoms with Crippen LogP contribution in [0.15, 0.2) is 46.2 Å². The fourth-order valence-corrected chi connectivity index (χ4v) is 4.96. The summed E-state index contributed by atoms with van der Waals surface area (Å²) in [7, 11) is -3.75. The zero-order chi connectivity index (χ0) is 23.2. The van der Waals surface area contributed by atoms with E-state index >= 15 is 0 Å². The Bertz CT molecular complexity index is 1070. The number of nitro benzene ring substituents is 1. The van der Waals surface area contributed by atoms with E-state index in [1.807, 2.05) is 0 Å². The van der Waals surface area contributed by atoms with Crippen LogP contribution in [0.1, 0.15) is 31.1 Å². The Hall–Kier alpha value is -2.63. The summed E-state index contributed by atoms with van der Waals surface area (Å²) >= 11 is 1.20. The Morgan fingerprint density at radius 3 is 2.39 bits per heavy atom. The molecule has 0 radical (unpaired) electrons. The number of amides is 1. The average Bonchev–Trinajstić information content (AvgIpc) is 2.75. The summed E-state index contributed by atoms with van der Waals surface area (Å²) < 4.78 is 32.5. The molecule has 11 heteroatoms. The van der Waals surface area contributed by atoms with Crippen molar-refractivity contribution in [3.63, 3.8) is 0 Å². The third-order valence-corrected chi connectivity index (χ3v) is 7.31. The van der Waals surface area contributed by atoms with Gasteiger partial charge in [0.25, 0.3) is 11.6 Å². The maximum Gasteiger partial charge on any atom is 0.283 e. The zero-order valence-corrected chi connectivity index (χ0v) is 19.4. The molecular weight excluding hydrogens is 442 g/mol. The molecule has 9 nitrogen and oxygen atoms in total.